The summed E-state index contributed by atoms with van der Waals surface area (Å²) < 4.78 is 5.25. The predicted molar refractivity (Wildman–Crippen MR) is 81.8 cm³/mol. The van der Waals surface area contributed by atoms with Crippen LogP contribution in [0.2, 0.25) is 0 Å². The summed E-state index contributed by atoms with van der Waals surface area (Å²) in [5, 5.41) is 2.52. The summed E-state index contributed by atoms with van der Waals surface area (Å²) in [6, 6.07) is 8.92. The number of ether oxygens (including phenoxy) is 1. The summed E-state index contributed by atoms with van der Waals surface area (Å²) in [5.41, 5.74) is 12.8. The van der Waals surface area contributed by atoms with Gasteiger partial charge in [-0.25, -0.2) is 9.78 Å². The van der Waals surface area contributed by atoms with Crippen molar-refractivity contribution in [2.75, 3.05) is 11.5 Å². The SMILES string of the molecule is Nc1nc(N)c2cc(COC(=O)c3cccs3)ccc2n1. The van der Waals surface area contributed by atoms with Gasteiger partial charge in [-0.1, -0.05) is 12.1 Å². The zero-order valence-corrected chi connectivity index (χ0v) is 11.8. The number of aromatic nitrogens is 2. The Morgan fingerprint density at radius 2 is 2.10 bits per heavy atom. The fourth-order valence-corrected chi connectivity index (χ4v) is 2.54. The fraction of sp³-hybridized carbons (Fsp3) is 0.0714. The minimum Gasteiger partial charge on any atom is -0.457 e. The van der Waals surface area contributed by atoms with Crippen LogP contribution in [0.1, 0.15) is 15.2 Å². The molecule has 21 heavy (non-hydrogen) atoms. The Hall–Kier alpha value is -2.67. The smallest absolute Gasteiger partial charge is 0.348 e. The summed E-state index contributed by atoms with van der Waals surface area (Å²) in [6.07, 6.45) is 0. The minimum absolute atomic E-state index is 0.136. The third-order valence-corrected chi connectivity index (χ3v) is 3.75. The van der Waals surface area contributed by atoms with Crippen LogP contribution in [-0.2, 0) is 11.3 Å². The normalized spacial score (nSPS) is 10.7. The third kappa shape index (κ3) is 2.77. The van der Waals surface area contributed by atoms with Gasteiger partial charge in [0.2, 0.25) is 5.95 Å². The molecule has 1 aromatic carbocycles. The molecule has 6 nitrogen and oxygen atoms in total. The molecule has 3 aromatic rings. The number of benzene rings is 1. The summed E-state index contributed by atoms with van der Waals surface area (Å²) in [7, 11) is 0. The minimum atomic E-state index is -0.341. The van der Waals surface area contributed by atoms with Gasteiger partial charge in [0, 0.05) is 5.39 Å². The molecule has 106 valence electrons. The van der Waals surface area contributed by atoms with E-state index in [9.17, 15) is 4.79 Å². The Balaban J connectivity index is 1.80. The Bertz CT molecular complexity index is 802. The van der Waals surface area contributed by atoms with Crippen LogP contribution in [0.25, 0.3) is 10.9 Å². The lowest BCUT2D eigenvalue weighted by Gasteiger charge is -2.06. The maximum absolute atomic E-state index is 11.8. The molecule has 0 saturated carbocycles. The van der Waals surface area contributed by atoms with Crippen LogP contribution in [0, 0.1) is 0 Å². The first-order chi connectivity index (χ1) is 10.1. The number of carbonyl (C=O) groups is 1. The number of carbonyl (C=O) groups excluding carboxylic acids is 1. The second kappa shape index (κ2) is 5.37. The largest absolute Gasteiger partial charge is 0.457 e. The fourth-order valence-electron chi connectivity index (χ4n) is 1.92. The number of hydrogen-bond donors (Lipinski definition) is 2. The predicted octanol–water partition coefficient (Wildman–Crippen LogP) is 2.21. The molecule has 0 aliphatic rings. The van der Waals surface area contributed by atoms with E-state index in [0.717, 1.165) is 5.56 Å². The van der Waals surface area contributed by atoms with Gasteiger partial charge < -0.3 is 16.2 Å². The van der Waals surface area contributed by atoms with Crippen molar-refractivity contribution in [2.45, 2.75) is 6.61 Å². The number of fused-ring (bicyclic) bond motifs is 1. The van der Waals surface area contributed by atoms with Crippen LogP contribution < -0.4 is 11.5 Å². The number of nitrogens with zero attached hydrogens (tertiary/aromatic N) is 2. The maximum atomic E-state index is 11.8. The summed E-state index contributed by atoms with van der Waals surface area (Å²) in [6.45, 7) is 0.163. The number of nitrogens with two attached hydrogens (primary N) is 2. The summed E-state index contributed by atoms with van der Waals surface area (Å²) >= 11 is 1.34. The van der Waals surface area contributed by atoms with Crippen LogP contribution in [0.4, 0.5) is 11.8 Å². The number of rotatable bonds is 3. The lowest BCUT2D eigenvalue weighted by Crippen LogP contribution is -2.04. The quantitative estimate of drug-likeness (QED) is 0.719. The first kappa shape index (κ1) is 13.3. The first-order valence-corrected chi connectivity index (χ1v) is 7.04. The van der Waals surface area contributed by atoms with Gasteiger partial charge in [0.05, 0.1) is 5.52 Å². The van der Waals surface area contributed by atoms with Crippen molar-refractivity contribution in [3.05, 3.63) is 46.2 Å². The van der Waals surface area contributed by atoms with Crippen molar-refractivity contribution in [1.82, 2.24) is 9.97 Å². The zero-order valence-electron chi connectivity index (χ0n) is 10.9. The summed E-state index contributed by atoms with van der Waals surface area (Å²) in [4.78, 5) is 20.4. The van der Waals surface area contributed by atoms with Crippen LogP contribution in [0.15, 0.2) is 35.7 Å². The molecule has 4 N–H and O–H groups in total. The highest BCUT2D eigenvalue weighted by molar-refractivity contribution is 7.11. The topological polar surface area (TPSA) is 104 Å². The highest BCUT2D eigenvalue weighted by Gasteiger charge is 2.09. The third-order valence-electron chi connectivity index (χ3n) is 2.90. The van der Waals surface area contributed by atoms with E-state index in [1.165, 1.54) is 11.3 Å². The molecular weight excluding hydrogens is 288 g/mol. The van der Waals surface area contributed by atoms with Crippen LogP contribution in [0.3, 0.4) is 0 Å². The van der Waals surface area contributed by atoms with Crippen molar-refractivity contribution in [1.29, 1.82) is 0 Å². The van der Waals surface area contributed by atoms with Gasteiger partial charge in [0.1, 0.15) is 17.3 Å². The van der Waals surface area contributed by atoms with Crippen molar-refractivity contribution in [2.24, 2.45) is 0 Å². The Morgan fingerprint density at radius 3 is 2.86 bits per heavy atom. The van der Waals surface area contributed by atoms with Gasteiger partial charge in [-0.05, 0) is 29.1 Å². The molecule has 0 bridgehead atoms. The highest BCUT2D eigenvalue weighted by Crippen LogP contribution is 2.21. The van der Waals surface area contributed by atoms with Crippen LogP contribution in [-0.4, -0.2) is 15.9 Å². The molecular formula is C14H12N4O2S. The standard InChI is InChI=1S/C14H12N4O2S/c15-12-9-6-8(3-4-10(9)17-14(16)18-12)7-20-13(19)11-2-1-5-21-11/h1-6H,7H2,(H4,15,16,17,18). The van der Waals surface area contributed by atoms with E-state index < -0.39 is 0 Å². The molecule has 0 atom stereocenters. The van der Waals surface area contributed by atoms with Gasteiger partial charge in [-0.2, -0.15) is 4.98 Å². The lowest BCUT2D eigenvalue weighted by atomic mass is 10.1. The Morgan fingerprint density at radius 1 is 1.24 bits per heavy atom. The van der Waals surface area contributed by atoms with Crippen LogP contribution >= 0.6 is 11.3 Å². The lowest BCUT2D eigenvalue weighted by molar-refractivity contribution is 0.0478. The number of anilines is 2. The second-order valence-corrected chi connectivity index (χ2v) is 5.32. The molecule has 2 aromatic heterocycles. The van der Waals surface area contributed by atoms with E-state index in [0.29, 0.717) is 21.6 Å². The average molecular weight is 300 g/mol. The number of thiophene rings is 1. The molecule has 2 heterocycles. The molecule has 3 rings (SSSR count). The molecule has 0 spiro atoms. The molecule has 0 radical (unpaired) electrons. The molecule has 0 aliphatic heterocycles. The molecule has 0 amide bonds. The highest BCUT2D eigenvalue weighted by atomic mass is 32.1. The monoisotopic (exact) mass is 300 g/mol. The molecule has 0 fully saturated rings. The van der Waals surface area contributed by atoms with Crippen molar-refractivity contribution in [3.8, 4) is 0 Å². The number of nitrogen functional groups attached to an aromatic ring is 2. The van der Waals surface area contributed by atoms with Gasteiger partial charge in [0.25, 0.3) is 0 Å². The van der Waals surface area contributed by atoms with Gasteiger partial charge in [-0.15, -0.1) is 11.3 Å². The van der Waals surface area contributed by atoms with Crippen molar-refractivity contribution in [3.63, 3.8) is 0 Å². The van der Waals surface area contributed by atoms with E-state index in [-0.39, 0.29) is 18.5 Å². The second-order valence-electron chi connectivity index (χ2n) is 4.37. The number of esters is 1. The summed E-state index contributed by atoms with van der Waals surface area (Å²) in [5.74, 6) is 0.104. The van der Waals surface area contributed by atoms with Gasteiger partial charge >= 0.3 is 5.97 Å². The van der Waals surface area contributed by atoms with Crippen LogP contribution in [0.5, 0.6) is 0 Å². The molecule has 0 unspecified atom stereocenters. The van der Waals surface area contributed by atoms with Gasteiger partial charge in [0.15, 0.2) is 0 Å². The zero-order chi connectivity index (χ0) is 14.8. The molecule has 0 saturated heterocycles. The van der Waals surface area contributed by atoms with Crippen molar-refractivity contribution >= 4 is 40.0 Å². The van der Waals surface area contributed by atoms with E-state index in [1.54, 1.807) is 24.3 Å². The first-order valence-electron chi connectivity index (χ1n) is 6.16. The Kier molecular flexibility index (Phi) is 3.41. The number of hydrogen-bond acceptors (Lipinski definition) is 7. The maximum Gasteiger partial charge on any atom is 0.348 e. The van der Waals surface area contributed by atoms with E-state index in [4.69, 9.17) is 16.2 Å². The molecule has 0 aliphatic carbocycles. The van der Waals surface area contributed by atoms with E-state index in [2.05, 4.69) is 9.97 Å². The average Bonchev–Trinajstić information content (AvgIpc) is 2.99. The Labute approximate surface area is 124 Å². The van der Waals surface area contributed by atoms with Gasteiger partial charge in [-0.3, -0.25) is 0 Å². The van der Waals surface area contributed by atoms with Crippen molar-refractivity contribution < 1.29 is 9.53 Å². The van der Waals surface area contributed by atoms with E-state index in [1.807, 2.05) is 11.4 Å². The molecule has 7 heteroatoms. The van der Waals surface area contributed by atoms with E-state index >= 15 is 0 Å².